The SMILES string of the molecule is COCc1ccc(C(c2ccccc2)(c2ccccc2)c2ccc(COC)cc2)cc1. The molecule has 0 aliphatic heterocycles. The van der Waals surface area contributed by atoms with Crippen molar-refractivity contribution in [2.45, 2.75) is 18.6 Å². The molecule has 0 bridgehead atoms. The van der Waals surface area contributed by atoms with E-state index < -0.39 is 5.41 Å². The van der Waals surface area contributed by atoms with Crippen molar-refractivity contribution in [1.82, 2.24) is 0 Å². The van der Waals surface area contributed by atoms with Gasteiger partial charge in [0, 0.05) is 14.2 Å². The molecule has 0 amide bonds. The van der Waals surface area contributed by atoms with Crippen LogP contribution in [0.15, 0.2) is 109 Å². The minimum atomic E-state index is -0.431. The summed E-state index contributed by atoms with van der Waals surface area (Å²) in [4.78, 5) is 0. The molecule has 31 heavy (non-hydrogen) atoms. The number of rotatable bonds is 8. The van der Waals surface area contributed by atoms with Crippen LogP contribution in [0, 0.1) is 0 Å². The van der Waals surface area contributed by atoms with Crippen LogP contribution in [0.3, 0.4) is 0 Å². The van der Waals surface area contributed by atoms with Crippen molar-refractivity contribution in [2.24, 2.45) is 0 Å². The van der Waals surface area contributed by atoms with Gasteiger partial charge < -0.3 is 9.47 Å². The van der Waals surface area contributed by atoms with E-state index in [1.54, 1.807) is 14.2 Å². The van der Waals surface area contributed by atoms with E-state index in [1.165, 1.54) is 22.3 Å². The summed E-state index contributed by atoms with van der Waals surface area (Å²) < 4.78 is 10.7. The minimum Gasteiger partial charge on any atom is -0.380 e. The maximum atomic E-state index is 5.33. The third-order valence-corrected chi connectivity index (χ3v) is 5.81. The van der Waals surface area contributed by atoms with Crippen LogP contribution in [0.25, 0.3) is 0 Å². The number of hydrogen-bond donors (Lipinski definition) is 0. The number of methoxy groups -OCH3 is 2. The van der Waals surface area contributed by atoms with E-state index in [9.17, 15) is 0 Å². The summed E-state index contributed by atoms with van der Waals surface area (Å²) in [6.07, 6.45) is 0. The highest BCUT2D eigenvalue weighted by atomic mass is 16.5. The predicted molar refractivity (Wildman–Crippen MR) is 126 cm³/mol. The molecule has 0 saturated carbocycles. The average molecular weight is 409 g/mol. The third kappa shape index (κ3) is 4.18. The van der Waals surface area contributed by atoms with Gasteiger partial charge in [-0.05, 0) is 33.4 Å². The Balaban J connectivity index is 1.99. The first-order valence-electron chi connectivity index (χ1n) is 10.6. The van der Waals surface area contributed by atoms with Crippen molar-refractivity contribution >= 4 is 0 Å². The summed E-state index contributed by atoms with van der Waals surface area (Å²) in [5.74, 6) is 0. The van der Waals surface area contributed by atoms with Crippen LogP contribution in [0.2, 0.25) is 0 Å². The summed E-state index contributed by atoms with van der Waals surface area (Å²) in [7, 11) is 3.46. The Bertz CT molecular complexity index is 978. The zero-order valence-electron chi connectivity index (χ0n) is 18.1. The van der Waals surface area contributed by atoms with Gasteiger partial charge in [0.15, 0.2) is 0 Å². The molecule has 0 fully saturated rings. The molecule has 0 heterocycles. The normalized spacial score (nSPS) is 11.4. The molecule has 0 unspecified atom stereocenters. The summed E-state index contributed by atoms with van der Waals surface area (Å²) in [6, 6.07) is 39.1. The Hall–Kier alpha value is -3.20. The lowest BCUT2D eigenvalue weighted by Gasteiger charge is -2.37. The molecule has 2 nitrogen and oxygen atoms in total. The van der Waals surface area contributed by atoms with E-state index in [0.29, 0.717) is 13.2 Å². The Morgan fingerprint density at radius 1 is 0.452 bits per heavy atom. The van der Waals surface area contributed by atoms with Gasteiger partial charge in [0.25, 0.3) is 0 Å². The van der Waals surface area contributed by atoms with Gasteiger partial charge in [-0.15, -0.1) is 0 Å². The molecule has 0 aromatic heterocycles. The molecule has 2 heteroatoms. The fraction of sp³-hybridized carbons (Fsp3) is 0.172. The lowest BCUT2D eigenvalue weighted by molar-refractivity contribution is 0.185. The van der Waals surface area contributed by atoms with Gasteiger partial charge in [0.1, 0.15) is 0 Å². The minimum absolute atomic E-state index is 0.431. The first-order chi connectivity index (χ1) is 15.3. The van der Waals surface area contributed by atoms with Crippen molar-refractivity contribution < 1.29 is 9.47 Å². The molecule has 0 radical (unpaired) electrons. The summed E-state index contributed by atoms with van der Waals surface area (Å²) in [6.45, 7) is 1.21. The molecule has 4 aromatic carbocycles. The van der Waals surface area contributed by atoms with Crippen molar-refractivity contribution in [2.75, 3.05) is 14.2 Å². The van der Waals surface area contributed by atoms with E-state index in [4.69, 9.17) is 9.47 Å². The standard InChI is InChI=1S/C29H28O2/c1-30-21-23-13-17-27(18-14-23)29(25-9-5-3-6-10-25,26-11-7-4-8-12-26)28-19-15-24(16-20-28)22-31-2/h3-20H,21-22H2,1-2H3. The van der Waals surface area contributed by atoms with Crippen molar-refractivity contribution in [3.63, 3.8) is 0 Å². The third-order valence-electron chi connectivity index (χ3n) is 5.81. The van der Waals surface area contributed by atoms with Gasteiger partial charge in [-0.2, -0.15) is 0 Å². The molecule has 0 spiro atoms. The molecule has 0 aliphatic rings. The first-order valence-corrected chi connectivity index (χ1v) is 10.6. The zero-order chi connectivity index (χ0) is 21.5. The average Bonchev–Trinajstić information content (AvgIpc) is 2.83. The maximum absolute atomic E-state index is 5.33. The number of hydrogen-bond acceptors (Lipinski definition) is 2. The summed E-state index contributed by atoms with van der Waals surface area (Å²) >= 11 is 0. The Morgan fingerprint density at radius 2 is 0.774 bits per heavy atom. The van der Waals surface area contributed by atoms with E-state index in [0.717, 1.165) is 11.1 Å². The van der Waals surface area contributed by atoms with Crippen LogP contribution in [0.1, 0.15) is 33.4 Å². The molecule has 4 rings (SSSR count). The Morgan fingerprint density at radius 3 is 1.10 bits per heavy atom. The van der Waals surface area contributed by atoms with E-state index in [-0.39, 0.29) is 0 Å². The number of ether oxygens (including phenoxy) is 2. The monoisotopic (exact) mass is 408 g/mol. The lowest BCUT2D eigenvalue weighted by atomic mass is 9.65. The topological polar surface area (TPSA) is 18.5 Å². The molecular weight excluding hydrogens is 380 g/mol. The second-order valence-corrected chi connectivity index (χ2v) is 7.74. The Labute approximate surface area is 185 Å². The molecule has 0 atom stereocenters. The first kappa shape index (κ1) is 21.0. The summed E-state index contributed by atoms with van der Waals surface area (Å²) in [5.41, 5.74) is 6.82. The molecule has 0 saturated heterocycles. The summed E-state index contributed by atoms with van der Waals surface area (Å²) in [5, 5.41) is 0. The van der Waals surface area contributed by atoms with Crippen LogP contribution >= 0.6 is 0 Å². The molecule has 4 aromatic rings. The second-order valence-electron chi connectivity index (χ2n) is 7.74. The maximum Gasteiger partial charge on any atom is 0.0713 e. The van der Waals surface area contributed by atoms with Gasteiger partial charge in [-0.25, -0.2) is 0 Å². The largest absolute Gasteiger partial charge is 0.380 e. The van der Waals surface area contributed by atoms with Crippen LogP contribution in [-0.2, 0) is 28.1 Å². The van der Waals surface area contributed by atoms with E-state index >= 15 is 0 Å². The van der Waals surface area contributed by atoms with Gasteiger partial charge >= 0.3 is 0 Å². The van der Waals surface area contributed by atoms with Gasteiger partial charge in [-0.1, -0.05) is 109 Å². The highest BCUT2D eigenvalue weighted by Gasteiger charge is 2.38. The number of benzene rings is 4. The van der Waals surface area contributed by atoms with Crippen LogP contribution in [0.4, 0.5) is 0 Å². The van der Waals surface area contributed by atoms with Crippen molar-refractivity contribution in [3.8, 4) is 0 Å². The van der Waals surface area contributed by atoms with Crippen molar-refractivity contribution in [3.05, 3.63) is 143 Å². The van der Waals surface area contributed by atoms with E-state index in [1.807, 2.05) is 0 Å². The lowest BCUT2D eigenvalue weighted by Crippen LogP contribution is -2.31. The van der Waals surface area contributed by atoms with Gasteiger partial charge in [0.05, 0.1) is 18.6 Å². The smallest absolute Gasteiger partial charge is 0.0713 e. The fourth-order valence-electron chi connectivity index (χ4n) is 4.41. The zero-order valence-corrected chi connectivity index (χ0v) is 18.1. The van der Waals surface area contributed by atoms with Gasteiger partial charge in [0.2, 0.25) is 0 Å². The molecule has 156 valence electrons. The fourth-order valence-corrected chi connectivity index (χ4v) is 4.41. The molecule has 0 aliphatic carbocycles. The Kier molecular flexibility index (Phi) is 6.61. The molecular formula is C29H28O2. The highest BCUT2D eigenvalue weighted by molar-refractivity contribution is 5.60. The van der Waals surface area contributed by atoms with E-state index in [2.05, 4.69) is 109 Å². The van der Waals surface area contributed by atoms with Crippen LogP contribution in [0.5, 0.6) is 0 Å². The quantitative estimate of drug-likeness (QED) is 0.316. The second kappa shape index (κ2) is 9.74. The van der Waals surface area contributed by atoms with Crippen LogP contribution < -0.4 is 0 Å². The molecule has 0 N–H and O–H groups in total. The highest BCUT2D eigenvalue weighted by Crippen LogP contribution is 2.45. The van der Waals surface area contributed by atoms with Crippen LogP contribution in [-0.4, -0.2) is 14.2 Å². The van der Waals surface area contributed by atoms with Gasteiger partial charge in [-0.3, -0.25) is 0 Å². The predicted octanol–water partition coefficient (Wildman–Crippen LogP) is 6.36. The van der Waals surface area contributed by atoms with Crippen molar-refractivity contribution in [1.29, 1.82) is 0 Å².